The lowest BCUT2D eigenvalue weighted by atomic mass is 9.56. The molecule has 1 heterocycles. The smallest absolute Gasteiger partial charge is 0.226 e. The number of halogens is 2. The Hall–Kier alpha value is -1.79. The lowest BCUT2D eigenvalue weighted by Crippen LogP contribution is -2.61. The number of ether oxygens (including phenoxy) is 1. The van der Waals surface area contributed by atoms with Gasteiger partial charge in [0, 0.05) is 37.5 Å². The van der Waals surface area contributed by atoms with E-state index in [1.54, 1.807) is 19.2 Å². The number of nitrogens with zero attached hydrogens (tertiary/aromatic N) is 2. The molecule has 2 aromatic rings. The fourth-order valence-electron chi connectivity index (χ4n) is 6.47. The number of aliphatic hydroxyl groups excluding tert-OH is 1. The molecule has 2 saturated carbocycles. The van der Waals surface area contributed by atoms with E-state index in [0.29, 0.717) is 16.5 Å². The van der Waals surface area contributed by atoms with E-state index in [0.717, 1.165) is 49.7 Å². The summed E-state index contributed by atoms with van der Waals surface area (Å²) >= 11 is 12.2. The Bertz CT molecular complexity index is 1110. The predicted octanol–water partition coefficient (Wildman–Crippen LogP) is 5.20. The third kappa shape index (κ3) is 5.26. The molecular weight excluding hydrogens is 495 g/mol. The van der Waals surface area contributed by atoms with E-state index >= 15 is 0 Å². The molecule has 0 radical (unpaired) electrons. The molecule has 4 atom stereocenters. The van der Waals surface area contributed by atoms with Gasteiger partial charge in [0.15, 0.2) is 0 Å². The van der Waals surface area contributed by atoms with Gasteiger partial charge in [0.05, 0.1) is 29.7 Å². The Morgan fingerprint density at radius 2 is 2.00 bits per heavy atom. The van der Waals surface area contributed by atoms with Gasteiger partial charge >= 0.3 is 0 Å². The van der Waals surface area contributed by atoms with Gasteiger partial charge in [-0.15, -0.1) is 0 Å². The zero-order valence-corrected chi connectivity index (χ0v) is 22.6. The molecule has 0 spiro atoms. The lowest BCUT2D eigenvalue weighted by molar-refractivity contribution is -0.135. The van der Waals surface area contributed by atoms with Gasteiger partial charge in [-0.2, -0.15) is 0 Å². The van der Waals surface area contributed by atoms with Crippen molar-refractivity contribution < 1.29 is 14.6 Å². The third-order valence-electron chi connectivity index (χ3n) is 8.76. The molecule has 1 unspecified atom stereocenters. The zero-order valence-electron chi connectivity index (χ0n) is 21.1. The fourth-order valence-corrected chi connectivity index (χ4v) is 6.79. The second-order valence-corrected chi connectivity index (χ2v) is 11.9. The minimum atomic E-state index is -0.475. The fraction of sp³-hybridized carbons (Fsp3) is 0.552. The number of carbonyl (C=O) groups excluding carboxylic acids is 1. The normalized spacial score (nSPS) is 28.4. The topological polar surface area (TPSA) is 53.0 Å². The largest absolute Gasteiger partial charge is 0.497 e. The highest BCUT2D eigenvalue weighted by Crippen LogP contribution is 2.51. The lowest BCUT2D eigenvalue weighted by Gasteiger charge is -2.56. The van der Waals surface area contributed by atoms with Crippen LogP contribution < -0.4 is 4.74 Å². The minimum absolute atomic E-state index is 0.0241. The molecule has 5 rings (SSSR count). The van der Waals surface area contributed by atoms with Crippen LogP contribution in [0.2, 0.25) is 10.0 Å². The van der Waals surface area contributed by atoms with Crippen molar-refractivity contribution in [2.45, 2.75) is 56.1 Å². The summed E-state index contributed by atoms with van der Waals surface area (Å²) in [5, 5.41) is 12.5. The number of benzene rings is 2. The highest BCUT2D eigenvalue weighted by atomic mass is 35.5. The number of hydrogen-bond acceptors (Lipinski definition) is 4. The maximum atomic E-state index is 13.3. The van der Waals surface area contributed by atoms with Crippen molar-refractivity contribution in [1.82, 2.24) is 9.80 Å². The first-order chi connectivity index (χ1) is 17.3. The Labute approximate surface area is 224 Å². The number of likely N-dealkylation sites (tertiary alicyclic amines) is 1. The van der Waals surface area contributed by atoms with Gasteiger partial charge in [-0.3, -0.25) is 4.79 Å². The summed E-state index contributed by atoms with van der Waals surface area (Å²) < 4.78 is 5.57. The van der Waals surface area contributed by atoms with Crippen LogP contribution in [0.25, 0.3) is 0 Å². The average Bonchev–Trinajstić information content (AvgIpc) is 3.70. The van der Waals surface area contributed by atoms with E-state index in [-0.39, 0.29) is 29.7 Å². The van der Waals surface area contributed by atoms with Gasteiger partial charge in [0.25, 0.3) is 0 Å². The molecule has 0 aromatic heterocycles. The monoisotopic (exact) mass is 530 g/mol. The van der Waals surface area contributed by atoms with Gasteiger partial charge in [0.2, 0.25) is 5.91 Å². The molecule has 2 aromatic carbocycles. The highest BCUT2D eigenvalue weighted by molar-refractivity contribution is 6.42. The first kappa shape index (κ1) is 25.8. The van der Waals surface area contributed by atoms with Crippen LogP contribution >= 0.6 is 23.2 Å². The van der Waals surface area contributed by atoms with E-state index in [2.05, 4.69) is 17.0 Å². The number of aliphatic hydroxyl groups is 1. The number of methoxy groups -OCH3 is 1. The molecule has 0 bridgehead atoms. The number of rotatable bonds is 7. The summed E-state index contributed by atoms with van der Waals surface area (Å²) in [6, 6.07) is 13.6. The van der Waals surface area contributed by atoms with E-state index in [9.17, 15) is 9.90 Å². The van der Waals surface area contributed by atoms with Crippen LogP contribution in [-0.4, -0.2) is 66.8 Å². The second-order valence-electron chi connectivity index (χ2n) is 11.0. The number of fused-ring (bicyclic) bond motifs is 1. The number of carbonyl (C=O) groups is 1. The van der Waals surface area contributed by atoms with Gasteiger partial charge in [0.1, 0.15) is 5.75 Å². The molecule has 5 nitrogen and oxygen atoms in total. The Balaban J connectivity index is 1.40. The summed E-state index contributed by atoms with van der Waals surface area (Å²) in [5.74, 6) is 1.82. The van der Waals surface area contributed by atoms with E-state index in [1.165, 1.54) is 18.4 Å². The summed E-state index contributed by atoms with van der Waals surface area (Å²) in [6.07, 6.45) is 4.85. The molecule has 194 valence electrons. The van der Waals surface area contributed by atoms with Crippen LogP contribution in [0.5, 0.6) is 5.75 Å². The molecule has 2 aliphatic carbocycles. The molecular formula is C29H36Cl2N2O3. The second kappa shape index (κ2) is 10.5. The highest BCUT2D eigenvalue weighted by Gasteiger charge is 2.53. The van der Waals surface area contributed by atoms with Crippen LogP contribution in [0.1, 0.15) is 43.2 Å². The molecule has 1 aliphatic heterocycles. The predicted molar refractivity (Wildman–Crippen MR) is 144 cm³/mol. The average molecular weight is 532 g/mol. The number of hydrogen-bond donors (Lipinski definition) is 1. The van der Waals surface area contributed by atoms with Crippen LogP contribution in [-0.2, 0) is 16.6 Å². The van der Waals surface area contributed by atoms with Gasteiger partial charge < -0.3 is 19.6 Å². The minimum Gasteiger partial charge on any atom is -0.497 e. The summed E-state index contributed by atoms with van der Waals surface area (Å²) in [5.41, 5.74) is 1.85. The zero-order chi connectivity index (χ0) is 25.4. The van der Waals surface area contributed by atoms with Crippen molar-refractivity contribution in [3.63, 3.8) is 0 Å². The van der Waals surface area contributed by atoms with Crippen LogP contribution in [0.3, 0.4) is 0 Å². The first-order valence-corrected chi connectivity index (χ1v) is 13.8. The molecule has 1 saturated heterocycles. The van der Waals surface area contributed by atoms with E-state index in [4.69, 9.17) is 27.9 Å². The quantitative estimate of drug-likeness (QED) is 0.534. The summed E-state index contributed by atoms with van der Waals surface area (Å²) in [6.45, 7) is 3.07. The third-order valence-corrected chi connectivity index (χ3v) is 9.49. The molecule has 1 amide bonds. The maximum Gasteiger partial charge on any atom is 0.226 e. The van der Waals surface area contributed by atoms with Crippen molar-refractivity contribution in [2.24, 2.45) is 11.8 Å². The Kier molecular flexibility index (Phi) is 7.56. The molecule has 3 aliphatic rings. The van der Waals surface area contributed by atoms with E-state index in [1.807, 2.05) is 30.1 Å². The van der Waals surface area contributed by atoms with Crippen molar-refractivity contribution in [2.75, 3.05) is 33.8 Å². The number of amides is 1. The molecule has 36 heavy (non-hydrogen) atoms. The number of likely N-dealkylation sites (N-methyl/N-ethyl adjacent to an activating group) is 1. The van der Waals surface area contributed by atoms with Crippen molar-refractivity contribution in [1.29, 1.82) is 0 Å². The SMILES string of the molecule is COc1cccc([C@@]23CCN(CC4CC4)C[C@H]2C(O)C[C@H](N(C)C(=O)Cc2ccc(Cl)c(Cl)c2)C3)c1. The Morgan fingerprint density at radius 1 is 1.19 bits per heavy atom. The van der Waals surface area contributed by atoms with Crippen LogP contribution in [0.4, 0.5) is 0 Å². The van der Waals surface area contributed by atoms with Crippen LogP contribution in [0, 0.1) is 11.8 Å². The number of piperidine rings is 1. The first-order valence-electron chi connectivity index (χ1n) is 13.0. The Morgan fingerprint density at radius 3 is 2.72 bits per heavy atom. The van der Waals surface area contributed by atoms with Gasteiger partial charge in [-0.1, -0.05) is 41.4 Å². The summed E-state index contributed by atoms with van der Waals surface area (Å²) in [7, 11) is 3.57. The molecule has 3 fully saturated rings. The van der Waals surface area contributed by atoms with Gasteiger partial charge in [-0.05, 0) is 80.0 Å². The van der Waals surface area contributed by atoms with Gasteiger partial charge in [-0.25, -0.2) is 0 Å². The van der Waals surface area contributed by atoms with Crippen molar-refractivity contribution in [3.05, 3.63) is 63.6 Å². The summed E-state index contributed by atoms with van der Waals surface area (Å²) in [4.78, 5) is 17.7. The standard InChI is InChI=1S/C29H36Cl2N2O3/c1-32(28(35)13-20-8-9-25(30)26(31)12-20)22-15-27(34)24-18-33(17-19-6-7-19)11-10-29(24,16-22)21-4-3-5-23(14-21)36-2/h3-5,8-9,12,14,19,22,24,27,34H,6-7,10-11,13,15-18H2,1-2H3/t22-,24-,27?,29-/m0/s1. The molecule has 1 N–H and O–H groups in total. The van der Waals surface area contributed by atoms with Crippen molar-refractivity contribution >= 4 is 29.1 Å². The maximum absolute atomic E-state index is 13.3. The van der Waals surface area contributed by atoms with E-state index < -0.39 is 6.10 Å². The van der Waals surface area contributed by atoms with Crippen molar-refractivity contribution in [3.8, 4) is 5.75 Å². The van der Waals surface area contributed by atoms with Crippen LogP contribution in [0.15, 0.2) is 42.5 Å². The molecule has 7 heteroatoms.